The Morgan fingerprint density at radius 3 is 2.73 bits per heavy atom. The van der Waals surface area contributed by atoms with Crippen LogP contribution in [0.1, 0.15) is 17.9 Å². The van der Waals surface area contributed by atoms with Gasteiger partial charge in [0, 0.05) is 31.0 Å². The highest BCUT2D eigenvalue weighted by Gasteiger charge is 2.14. The van der Waals surface area contributed by atoms with Gasteiger partial charge in [-0.3, -0.25) is 10.1 Å². The minimum absolute atomic E-state index is 0.175. The summed E-state index contributed by atoms with van der Waals surface area (Å²) in [5.74, 6) is 0.784. The molecule has 8 heteroatoms. The first-order chi connectivity index (χ1) is 14.5. The van der Waals surface area contributed by atoms with E-state index in [-0.39, 0.29) is 18.1 Å². The van der Waals surface area contributed by atoms with Crippen LogP contribution >= 0.6 is 0 Å². The van der Waals surface area contributed by atoms with Crippen molar-refractivity contribution in [3.63, 3.8) is 0 Å². The molecule has 4 rings (SSSR count). The van der Waals surface area contributed by atoms with Crippen LogP contribution in [0.2, 0.25) is 0 Å². The maximum Gasteiger partial charge on any atom is 0.227 e. The van der Waals surface area contributed by atoms with Crippen LogP contribution in [0.4, 0.5) is 10.3 Å². The van der Waals surface area contributed by atoms with E-state index in [4.69, 9.17) is 4.52 Å². The normalized spacial score (nSPS) is 10.9. The summed E-state index contributed by atoms with van der Waals surface area (Å²) in [4.78, 5) is 21.0. The number of benzene rings is 2. The molecule has 30 heavy (non-hydrogen) atoms. The molecule has 2 aromatic carbocycles. The predicted molar refractivity (Wildman–Crippen MR) is 110 cm³/mol. The topological polar surface area (TPSA) is 85.8 Å². The summed E-state index contributed by atoms with van der Waals surface area (Å²) in [6.45, 7) is 1.99. The highest BCUT2D eigenvalue weighted by Crippen LogP contribution is 2.22. The maximum atomic E-state index is 13.1. The van der Waals surface area contributed by atoms with Crippen molar-refractivity contribution in [2.75, 3.05) is 5.32 Å². The lowest BCUT2D eigenvalue weighted by atomic mass is 10.1. The van der Waals surface area contributed by atoms with Gasteiger partial charge in [-0.15, -0.1) is 0 Å². The van der Waals surface area contributed by atoms with E-state index in [2.05, 4.69) is 20.4 Å². The number of hydrogen-bond acceptors (Lipinski definition) is 5. The summed E-state index contributed by atoms with van der Waals surface area (Å²) < 4.78 is 20.1. The monoisotopic (exact) mass is 405 g/mol. The van der Waals surface area contributed by atoms with Crippen LogP contribution in [0.15, 0.2) is 59.3 Å². The van der Waals surface area contributed by atoms with E-state index in [1.807, 2.05) is 31.2 Å². The van der Waals surface area contributed by atoms with Crippen molar-refractivity contribution in [1.29, 1.82) is 0 Å². The fourth-order valence-electron chi connectivity index (χ4n) is 3.08. The number of anilines is 1. The van der Waals surface area contributed by atoms with Gasteiger partial charge in [0.25, 0.3) is 0 Å². The molecule has 152 valence electrons. The summed E-state index contributed by atoms with van der Waals surface area (Å²) in [6.07, 6.45) is 2.13. The smallest absolute Gasteiger partial charge is 0.227 e. The van der Waals surface area contributed by atoms with Gasteiger partial charge in [-0.2, -0.15) is 4.98 Å². The Balaban J connectivity index is 1.37. The average Bonchev–Trinajstić information content (AvgIpc) is 3.35. The number of aromatic nitrogens is 4. The molecule has 2 heterocycles. The average molecular weight is 405 g/mol. The van der Waals surface area contributed by atoms with Crippen LogP contribution in [0, 0.1) is 12.7 Å². The molecule has 0 fully saturated rings. The van der Waals surface area contributed by atoms with Crippen molar-refractivity contribution in [3.8, 4) is 22.6 Å². The second kappa shape index (κ2) is 8.28. The van der Waals surface area contributed by atoms with Crippen LogP contribution in [0.3, 0.4) is 0 Å². The van der Waals surface area contributed by atoms with Crippen molar-refractivity contribution in [1.82, 2.24) is 19.7 Å². The molecule has 0 unspecified atom stereocenters. The lowest BCUT2D eigenvalue weighted by Gasteiger charge is -2.07. The number of amides is 1. The molecule has 0 aliphatic carbocycles. The molecule has 0 radical (unpaired) electrons. The molecule has 0 saturated heterocycles. The van der Waals surface area contributed by atoms with Gasteiger partial charge in [-0.25, -0.2) is 9.37 Å². The van der Waals surface area contributed by atoms with Gasteiger partial charge in [0.2, 0.25) is 23.6 Å². The quantitative estimate of drug-likeness (QED) is 0.521. The third-order valence-corrected chi connectivity index (χ3v) is 4.69. The predicted octanol–water partition coefficient (Wildman–Crippen LogP) is 4.16. The number of halogens is 1. The summed E-state index contributed by atoms with van der Waals surface area (Å²) >= 11 is 0. The van der Waals surface area contributed by atoms with Crippen LogP contribution in [-0.2, 0) is 18.3 Å². The molecule has 0 spiro atoms. The zero-order chi connectivity index (χ0) is 21.1. The van der Waals surface area contributed by atoms with Gasteiger partial charge < -0.3 is 9.09 Å². The Bertz CT molecular complexity index is 1180. The Hall–Kier alpha value is -3.81. The van der Waals surface area contributed by atoms with Gasteiger partial charge >= 0.3 is 0 Å². The molecule has 1 N–H and O–H groups in total. The van der Waals surface area contributed by atoms with E-state index in [1.54, 1.807) is 29.9 Å². The lowest BCUT2D eigenvalue weighted by molar-refractivity contribution is -0.116. The molecule has 0 saturated carbocycles. The van der Waals surface area contributed by atoms with E-state index < -0.39 is 0 Å². The van der Waals surface area contributed by atoms with Crippen LogP contribution < -0.4 is 5.32 Å². The summed E-state index contributed by atoms with van der Waals surface area (Å²) in [5.41, 5.74) is 3.55. The number of imidazole rings is 1. The van der Waals surface area contributed by atoms with E-state index in [9.17, 15) is 9.18 Å². The van der Waals surface area contributed by atoms with Crippen LogP contribution in [0.25, 0.3) is 22.6 Å². The first-order valence-corrected chi connectivity index (χ1v) is 9.47. The second-order valence-corrected chi connectivity index (χ2v) is 6.96. The molecular formula is C22H20FN5O2. The first-order valence-electron chi connectivity index (χ1n) is 9.47. The van der Waals surface area contributed by atoms with Gasteiger partial charge in [0.15, 0.2) is 0 Å². The van der Waals surface area contributed by atoms with Gasteiger partial charge in [-0.1, -0.05) is 28.9 Å². The van der Waals surface area contributed by atoms with Crippen LogP contribution in [-0.4, -0.2) is 25.6 Å². The standard InChI is InChI=1S/C22H20FN5O2/c1-14-4-3-5-16(12-14)21-26-20(30-27-21)11-10-19(29)25-22-24-13-18(28(22)2)15-6-8-17(23)9-7-15/h3-9,12-13H,10-11H2,1-2H3,(H,24,25,29). The zero-order valence-electron chi connectivity index (χ0n) is 16.6. The first kappa shape index (κ1) is 19.5. The third-order valence-electron chi connectivity index (χ3n) is 4.69. The number of rotatable bonds is 6. The Kier molecular flexibility index (Phi) is 5.38. The van der Waals surface area contributed by atoms with Crippen molar-refractivity contribution in [2.24, 2.45) is 7.05 Å². The molecule has 7 nitrogen and oxygen atoms in total. The fourth-order valence-corrected chi connectivity index (χ4v) is 3.08. The number of carbonyl (C=O) groups is 1. The SMILES string of the molecule is Cc1cccc(-c2noc(CCC(=O)Nc3ncc(-c4ccc(F)cc4)n3C)n2)c1. The van der Waals surface area contributed by atoms with E-state index in [1.165, 1.54) is 12.1 Å². The molecule has 1 amide bonds. The molecule has 0 bridgehead atoms. The molecule has 2 aromatic heterocycles. The Morgan fingerprint density at radius 2 is 1.97 bits per heavy atom. The van der Waals surface area contributed by atoms with Crippen LogP contribution in [0.5, 0.6) is 0 Å². The minimum Gasteiger partial charge on any atom is -0.339 e. The number of carbonyl (C=O) groups excluding carboxylic acids is 1. The number of hydrogen-bond donors (Lipinski definition) is 1. The Morgan fingerprint density at radius 1 is 1.17 bits per heavy atom. The van der Waals surface area contributed by atoms with Gasteiger partial charge in [0.1, 0.15) is 5.82 Å². The van der Waals surface area contributed by atoms with E-state index >= 15 is 0 Å². The zero-order valence-corrected chi connectivity index (χ0v) is 16.6. The van der Waals surface area contributed by atoms with Gasteiger partial charge in [-0.05, 0) is 37.3 Å². The summed E-state index contributed by atoms with van der Waals surface area (Å²) in [7, 11) is 1.79. The lowest BCUT2D eigenvalue weighted by Crippen LogP contribution is -2.15. The Labute approximate surface area is 172 Å². The van der Waals surface area contributed by atoms with Gasteiger partial charge in [0.05, 0.1) is 11.9 Å². The fraction of sp³-hybridized carbons (Fsp3) is 0.182. The largest absolute Gasteiger partial charge is 0.339 e. The third kappa shape index (κ3) is 4.27. The van der Waals surface area contributed by atoms with Crippen molar-refractivity contribution in [3.05, 3.63) is 72.0 Å². The van der Waals surface area contributed by atoms with E-state index in [0.717, 1.165) is 22.4 Å². The van der Waals surface area contributed by atoms with Crippen molar-refractivity contribution >= 4 is 11.9 Å². The van der Waals surface area contributed by atoms with Crippen molar-refractivity contribution < 1.29 is 13.7 Å². The molecule has 0 atom stereocenters. The number of aryl methyl sites for hydroxylation is 2. The van der Waals surface area contributed by atoms with E-state index in [0.29, 0.717) is 24.1 Å². The molecule has 0 aliphatic rings. The molecular weight excluding hydrogens is 385 g/mol. The van der Waals surface area contributed by atoms with Crippen molar-refractivity contribution in [2.45, 2.75) is 19.8 Å². The summed E-state index contributed by atoms with van der Waals surface area (Å²) in [6, 6.07) is 13.9. The summed E-state index contributed by atoms with van der Waals surface area (Å²) in [5, 5.41) is 6.76. The highest BCUT2D eigenvalue weighted by atomic mass is 19.1. The molecule has 0 aliphatic heterocycles. The highest BCUT2D eigenvalue weighted by molar-refractivity contribution is 5.89. The number of nitrogens with zero attached hydrogens (tertiary/aromatic N) is 4. The molecule has 4 aromatic rings. The second-order valence-electron chi connectivity index (χ2n) is 6.96. The minimum atomic E-state index is -0.305. The maximum absolute atomic E-state index is 13.1. The number of nitrogens with one attached hydrogen (secondary N) is 1.